The van der Waals surface area contributed by atoms with Crippen LogP contribution in [0.2, 0.25) is 0 Å². The molecule has 0 amide bonds. The molecule has 1 heterocycles. The fourth-order valence-electron chi connectivity index (χ4n) is 4.55. The maximum absolute atomic E-state index is 5.71. The lowest BCUT2D eigenvalue weighted by atomic mass is 9.79. The van der Waals surface area contributed by atoms with Gasteiger partial charge in [0.2, 0.25) is 0 Å². The Bertz CT molecular complexity index is 585. The monoisotopic (exact) mass is 387 g/mol. The molecule has 1 N–H and O–H groups in total. The highest BCUT2D eigenvalue weighted by molar-refractivity contribution is 5.80. The number of hydrogen-bond acceptors (Lipinski definition) is 3. The van der Waals surface area contributed by atoms with Crippen molar-refractivity contribution in [2.75, 3.05) is 53.6 Å². The highest BCUT2D eigenvalue weighted by Crippen LogP contribution is 2.35. The van der Waals surface area contributed by atoms with Crippen molar-refractivity contribution >= 4 is 5.96 Å². The van der Waals surface area contributed by atoms with E-state index in [1.807, 2.05) is 7.05 Å². The quantitative estimate of drug-likeness (QED) is 0.421. The first-order valence-electron chi connectivity index (χ1n) is 10.9. The SMILES string of the molecule is CN=C(NCC1CCC(c2ccccc2)CC1)N1CCC(COCCOC)C1. The summed E-state index contributed by atoms with van der Waals surface area (Å²) in [6, 6.07) is 11.0. The van der Waals surface area contributed by atoms with E-state index >= 15 is 0 Å². The molecule has 1 aliphatic carbocycles. The van der Waals surface area contributed by atoms with Crippen molar-refractivity contribution in [3.63, 3.8) is 0 Å². The van der Waals surface area contributed by atoms with E-state index in [-0.39, 0.29) is 0 Å². The van der Waals surface area contributed by atoms with Crippen LogP contribution < -0.4 is 5.32 Å². The Morgan fingerprint density at radius 3 is 2.57 bits per heavy atom. The van der Waals surface area contributed by atoms with Crippen LogP contribution in [0.15, 0.2) is 35.3 Å². The fraction of sp³-hybridized carbons (Fsp3) is 0.696. The van der Waals surface area contributed by atoms with Crippen LogP contribution in [0.1, 0.15) is 43.6 Å². The largest absolute Gasteiger partial charge is 0.382 e. The zero-order chi connectivity index (χ0) is 19.6. The van der Waals surface area contributed by atoms with Crippen LogP contribution >= 0.6 is 0 Å². The number of ether oxygens (including phenoxy) is 2. The number of nitrogens with zero attached hydrogens (tertiary/aromatic N) is 2. The Hall–Kier alpha value is -1.59. The predicted molar refractivity (Wildman–Crippen MR) is 115 cm³/mol. The van der Waals surface area contributed by atoms with Crippen LogP contribution in [0.4, 0.5) is 0 Å². The van der Waals surface area contributed by atoms with Crippen LogP contribution in [0.3, 0.4) is 0 Å². The Morgan fingerprint density at radius 1 is 1.07 bits per heavy atom. The minimum absolute atomic E-state index is 0.594. The molecule has 1 saturated heterocycles. The zero-order valence-electron chi connectivity index (χ0n) is 17.6. The van der Waals surface area contributed by atoms with Gasteiger partial charge in [0.1, 0.15) is 0 Å². The van der Waals surface area contributed by atoms with E-state index in [0.717, 1.165) is 44.0 Å². The summed E-state index contributed by atoms with van der Waals surface area (Å²) < 4.78 is 10.7. The number of likely N-dealkylation sites (tertiary alicyclic amines) is 1. The number of benzene rings is 1. The van der Waals surface area contributed by atoms with E-state index in [0.29, 0.717) is 19.1 Å². The lowest BCUT2D eigenvalue weighted by Gasteiger charge is -2.30. The van der Waals surface area contributed by atoms with Crippen molar-refractivity contribution in [2.24, 2.45) is 16.8 Å². The van der Waals surface area contributed by atoms with Crippen molar-refractivity contribution in [1.29, 1.82) is 0 Å². The van der Waals surface area contributed by atoms with E-state index in [1.54, 1.807) is 7.11 Å². The van der Waals surface area contributed by atoms with Gasteiger partial charge in [-0.25, -0.2) is 0 Å². The fourth-order valence-corrected chi connectivity index (χ4v) is 4.55. The van der Waals surface area contributed by atoms with Crippen LogP contribution in [0.25, 0.3) is 0 Å². The molecule has 1 unspecified atom stereocenters. The Labute approximate surface area is 170 Å². The first kappa shape index (κ1) is 21.1. The molecule has 2 fully saturated rings. The predicted octanol–water partition coefficient (Wildman–Crippen LogP) is 3.52. The second-order valence-electron chi connectivity index (χ2n) is 8.22. The topological polar surface area (TPSA) is 46.1 Å². The van der Waals surface area contributed by atoms with Crippen LogP contribution in [-0.2, 0) is 9.47 Å². The molecule has 1 aromatic carbocycles. The number of methoxy groups -OCH3 is 1. The number of nitrogens with one attached hydrogen (secondary N) is 1. The third kappa shape index (κ3) is 6.21. The number of hydrogen-bond donors (Lipinski definition) is 1. The third-order valence-corrected chi connectivity index (χ3v) is 6.25. The molecule has 5 nitrogen and oxygen atoms in total. The molecule has 1 atom stereocenters. The van der Waals surface area contributed by atoms with Crippen molar-refractivity contribution in [1.82, 2.24) is 10.2 Å². The van der Waals surface area contributed by atoms with Gasteiger partial charge < -0.3 is 19.7 Å². The van der Waals surface area contributed by atoms with Crippen LogP contribution in [0.5, 0.6) is 0 Å². The number of guanidine groups is 1. The van der Waals surface area contributed by atoms with E-state index in [2.05, 4.69) is 45.5 Å². The molecule has 1 aliphatic heterocycles. The normalized spacial score (nSPS) is 25.9. The van der Waals surface area contributed by atoms with Crippen molar-refractivity contribution in [3.05, 3.63) is 35.9 Å². The van der Waals surface area contributed by atoms with Gasteiger partial charge in [-0.1, -0.05) is 30.3 Å². The molecular formula is C23H37N3O2. The van der Waals surface area contributed by atoms with E-state index in [1.165, 1.54) is 37.7 Å². The lowest BCUT2D eigenvalue weighted by Crippen LogP contribution is -2.42. The third-order valence-electron chi connectivity index (χ3n) is 6.25. The van der Waals surface area contributed by atoms with Gasteiger partial charge >= 0.3 is 0 Å². The van der Waals surface area contributed by atoms with Gasteiger partial charge in [-0.3, -0.25) is 4.99 Å². The summed E-state index contributed by atoms with van der Waals surface area (Å²) in [5.41, 5.74) is 1.51. The van der Waals surface area contributed by atoms with Gasteiger partial charge in [0.15, 0.2) is 5.96 Å². The summed E-state index contributed by atoms with van der Waals surface area (Å²) in [5.74, 6) is 3.16. The first-order chi connectivity index (χ1) is 13.8. The molecule has 0 spiro atoms. The Balaban J connectivity index is 1.36. The smallest absolute Gasteiger partial charge is 0.193 e. The summed E-state index contributed by atoms with van der Waals surface area (Å²) in [6.07, 6.45) is 6.40. The maximum atomic E-state index is 5.71. The molecule has 0 bridgehead atoms. The summed E-state index contributed by atoms with van der Waals surface area (Å²) in [6.45, 7) is 5.32. The molecule has 28 heavy (non-hydrogen) atoms. The number of rotatable bonds is 8. The van der Waals surface area contributed by atoms with Crippen molar-refractivity contribution < 1.29 is 9.47 Å². The van der Waals surface area contributed by atoms with Crippen molar-refractivity contribution in [2.45, 2.75) is 38.0 Å². The minimum Gasteiger partial charge on any atom is -0.382 e. The number of aliphatic imine (C=N–C) groups is 1. The summed E-state index contributed by atoms with van der Waals surface area (Å²) in [7, 11) is 3.61. The summed E-state index contributed by atoms with van der Waals surface area (Å²) in [4.78, 5) is 6.92. The Kier molecular flexibility index (Phi) is 8.62. The van der Waals surface area contributed by atoms with Gasteiger partial charge in [-0.05, 0) is 49.5 Å². The minimum atomic E-state index is 0.594. The molecule has 1 saturated carbocycles. The highest BCUT2D eigenvalue weighted by atomic mass is 16.5. The van der Waals surface area contributed by atoms with Crippen molar-refractivity contribution in [3.8, 4) is 0 Å². The van der Waals surface area contributed by atoms with Crippen LogP contribution in [0, 0.1) is 11.8 Å². The molecule has 2 aliphatic rings. The average Bonchev–Trinajstić information content (AvgIpc) is 3.21. The molecule has 5 heteroatoms. The summed E-state index contributed by atoms with van der Waals surface area (Å²) >= 11 is 0. The maximum Gasteiger partial charge on any atom is 0.193 e. The van der Waals surface area contributed by atoms with Gasteiger partial charge in [-0.2, -0.15) is 0 Å². The zero-order valence-corrected chi connectivity index (χ0v) is 17.6. The van der Waals surface area contributed by atoms with Gasteiger partial charge in [-0.15, -0.1) is 0 Å². The second-order valence-corrected chi connectivity index (χ2v) is 8.22. The van der Waals surface area contributed by atoms with Gasteiger partial charge in [0.25, 0.3) is 0 Å². The lowest BCUT2D eigenvalue weighted by molar-refractivity contribution is 0.0536. The van der Waals surface area contributed by atoms with E-state index in [4.69, 9.17) is 9.47 Å². The second kappa shape index (κ2) is 11.4. The molecule has 3 rings (SSSR count). The molecule has 1 aromatic rings. The average molecular weight is 388 g/mol. The molecular weight excluding hydrogens is 350 g/mol. The molecule has 0 aromatic heterocycles. The first-order valence-corrected chi connectivity index (χ1v) is 10.9. The van der Waals surface area contributed by atoms with Gasteiger partial charge in [0.05, 0.1) is 19.8 Å². The van der Waals surface area contributed by atoms with E-state index in [9.17, 15) is 0 Å². The molecule has 0 radical (unpaired) electrons. The van der Waals surface area contributed by atoms with Crippen LogP contribution in [-0.4, -0.2) is 64.5 Å². The summed E-state index contributed by atoms with van der Waals surface area (Å²) in [5, 5.41) is 3.65. The molecule has 156 valence electrons. The Morgan fingerprint density at radius 2 is 1.86 bits per heavy atom. The highest BCUT2D eigenvalue weighted by Gasteiger charge is 2.26. The standard InChI is InChI=1S/C23H37N3O2/c1-24-23(26-13-12-20(17-26)18-28-15-14-27-2)25-16-19-8-10-22(11-9-19)21-6-4-3-5-7-21/h3-7,19-20,22H,8-18H2,1-2H3,(H,24,25). The van der Waals surface area contributed by atoms with Gasteiger partial charge in [0, 0.05) is 39.7 Å². The van der Waals surface area contributed by atoms with E-state index < -0.39 is 0 Å².